The van der Waals surface area contributed by atoms with Crippen LogP contribution in [0.3, 0.4) is 0 Å². The van der Waals surface area contributed by atoms with Crippen molar-refractivity contribution in [2.75, 3.05) is 18.9 Å². The van der Waals surface area contributed by atoms with E-state index in [2.05, 4.69) is 16.0 Å². The van der Waals surface area contributed by atoms with Gasteiger partial charge in [0.15, 0.2) is 0 Å². The van der Waals surface area contributed by atoms with Crippen molar-refractivity contribution in [1.29, 1.82) is 0 Å². The van der Waals surface area contributed by atoms with Gasteiger partial charge in [-0.3, -0.25) is 19.3 Å². The highest BCUT2D eigenvalue weighted by atomic mass is 32.1. The van der Waals surface area contributed by atoms with Crippen molar-refractivity contribution in [3.63, 3.8) is 0 Å². The number of aryl methyl sites for hydroxylation is 1. The minimum atomic E-state index is -1.06. The van der Waals surface area contributed by atoms with Gasteiger partial charge in [-0.2, -0.15) is 0 Å². The van der Waals surface area contributed by atoms with Gasteiger partial charge in [0.05, 0.1) is 0 Å². The van der Waals surface area contributed by atoms with Crippen molar-refractivity contribution in [1.82, 2.24) is 15.5 Å². The molecule has 3 N–H and O–H groups in total. The first kappa shape index (κ1) is 19.1. The maximum absolute atomic E-state index is 13.1. The van der Waals surface area contributed by atoms with Crippen LogP contribution >= 0.6 is 11.3 Å². The lowest BCUT2D eigenvalue weighted by atomic mass is 9.80. The van der Waals surface area contributed by atoms with E-state index in [0.29, 0.717) is 17.7 Å². The Morgan fingerprint density at radius 2 is 1.97 bits per heavy atom. The summed E-state index contributed by atoms with van der Waals surface area (Å²) in [6, 6.07) is 7.67. The summed E-state index contributed by atoms with van der Waals surface area (Å²) in [5.41, 5.74) is 0.729. The predicted octanol–water partition coefficient (Wildman–Crippen LogP) is 1.83. The molecule has 2 aliphatic rings. The number of hydrogen-bond acceptors (Lipinski definition) is 5. The molecule has 0 bridgehead atoms. The molecule has 1 fully saturated rings. The van der Waals surface area contributed by atoms with E-state index in [1.54, 1.807) is 35.6 Å². The largest absolute Gasteiger partial charge is 0.355 e. The Balaban J connectivity index is 1.46. The minimum absolute atomic E-state index is 0.229. The summed E-state index contributed by atoms with van der Waals surface area (Å²) in [7, 11) is 1.54. The fourth-order valence-corrected chi connectivity index (χ4v) is 4.88. The second-order valence-electron chi connectivity index (χ2n) is 7.04. The molecule has 0 unspecified atom stereocenters. The van der Waals surface area contributed by atoms with Gasteiger partial charge in [-0.1, -0.05) is 0 Å². The third-order valence-corrected chi connectivity index (χ3v) is 6.28. The predicted molar refractivity (Wildman–Crippen MR) is 108 cm³/mol. The van der Waals surface area contributed by atoms with Crippen LogP contribution in [0, 0.1) is 0 Å². The molecule has 0 radical (unpaired) electrons. The Morgan fingerprint density at radius 1 is 1.21 bits per heavy atom. The van der Waals surface area contributed by atoms with Gasteiger partial charge in [0.25, 0.3) is 11.8 Å². The maximum Gasteiger partial charge on any atom is 0.325 e. The zero-order chi connectivity index (χ0) is 20.6. The zero-order valence-electron chi connectivity index (χ0n) is 15.8. The van der Waals surface area contributed by atoms with Crippen LogP contribution in [0.5, 0.6) is 0 Å². The summed E-state index contributed by atoms with van der Waals surface area (Å²) in [6.45, 7) is -0.372. The average molecular weight is 412 g/mol. The lowest BCUT2D eigenvalue weighted by molar-refractivity contribution is -0.134. The molecule has 5 amide bonds. The van der Waals surface area contributed by atoms with Crippen LogP contribution < -0.4 is 16.0 Å². The summed E-state index contributed by atoms with van der Waals surface area (Å²) >= 11 is 1.58. The second-order valence-corrected chi connectivity index (χ2v) is 8.04. The van der Waals surface area contributed by atoms with E-state index in [0.717, 1.165) is 28.2 Å². The number of nitrogens with zero attached hydrogens (tertiary/aromatic N) is 1. The van der Waals surface area contributed by atoms with Crippen LogP contribution in [0.4, 0.5) is 10.5 Å². The van der Waals surface area contributed by atoms with Crippen molar-refractivity contribution in [2.45, 2.75) is 24.8 Å². The zero-order valence-corrected chi connectivity index (χ0v) is 16.6. The number of nitrogens with one attached hydrogen (secondary N) is 3. The van der Waals surface area contributed by atoms with Crippen molar-refractivity contribution in [3.8, 4) is 0 Å². The highest BCUT2D eigenvalue weighted by Gasteiger charge is 2.54. The molecule has 1 aliphatic heterocycles. The summed E-state index contributed by atoms with van der Waals surface area (Å²) in [6.07, 6.45) is 2.22. The minimum Gasteiger partial charge on any atom is -0.355 e. The molecule has 0 saturated carbocycles. The third-order valence-electron chi connectivity index (χ3n) is 5.30. The van der Waals surface area contributed by atoms with E-state index in [9.17, 15) is 19.2 Å². The summed E-state index contributed by atoms with van der Waals surface area (Å²) in [5, 5.41) is 9.93. The fourth-order valence-electron chi connectivity index (χ4n) is 3.88. The first-order valence-electron chi connectivity index (χ1n) is 9.27. The first-order chi connectivity index (χ1) is 13.9. The fraction of sp³-hybridized carbons (Fsp3) is 0.300. The molecule has 9 heteroatoms. The van der Waals surface area contributed by atoms with E-state index < -0.39 is 17.5 Å². The Labute approximate surface area is 171 Å². The molecule has 1 aromatic carbocycles. The third kappa shape index (κ3) is 3.27. The lowest BCUT2D eigenvalue weighted by Gasteiger charge is -2.31. The van der Waals surface area contributed by atoms with Gasteiger partial charge >= 0.3 is 6.03 Å². The van der Waals surface area contributed by atoms with Gasteiger partial charge in [0.2, 0.25) is 5.91 Å². The lowest BCUT2D eigenvalue weighted by Crippen LogP contribution is -2.46. The van der Waals surface area contributed by atoms with Gasteiger partial charge in [0.1, 0.15) is 12.1 Å². The number of thiophene rings is 1. The van der Waals surface area contributed by atoms with Crippen LogP contribution in [0.2, 0.25) is 0 Å². The number of fused-ring (bicyclic) bond motifs is 2. The normalized spacial score (nSPS) is 20.4. The van der Waals surface area contributed by atoms with Crippen LogP contribution in [-0.4, -0.2) is 42.2 Å². The number of hydrogen-bond donors (Lipinski definition) is 3. The van der Waals surface area contributed by atoms with E-state index in [1.165, 1.54) is 7.05 Å². The number of carbonyl (C=O) groups excluding carboxylic acids is 4. The second kappa shape index (κ2) is 7.32. The number of amides is 5. The molecule has 1 aliphatic carbocycles. The number of imide groups is 1. The van der Waals surface area contributed by atoms with E-state index in [-0.39, 0.29) is 18.4 Å². The summed E-state index contributed by atoms with van der Waals surface area (Å²) in [5.74, 6) is -1.10. The number of carbonyl (C=O) groups is 4. The summed E-state index contributed by atoms with van der Waals surface area (Å²) < 4.78 is 0. The maximum atomic E-state index is 13.1. The number of urea groups is 1. The average Bonchev–Trinajstić information content (AvgIpc) is 3.29. The molecule has 1 spiro atoms. The Kier molecular flexibility index (Phi) is 4.83. The van der Waals surface area contributed by atoms with Crippen molar-refractivity contribution in [3.05, 3.63) is 51.7 Å². The van der Waals surface area contributed by atoms with E-state index in [1.807, 2.05) is 11.4 Å². The van der Waals surface area contributed by atoms with Crippen LogP contribution in [0.1, 0.15) is 33.6 Å². The summed E-state index contributed by atoms with van der Waals surface area (Å²) in [4.78, 5) is 51.7. The standard InChI is InChI=1S/C20H20N4O4S/c1-21-17(26)12-4-6-13(7-5-12)22-16(25)11-24-18(27)20(23-19(24)28)9-2-3-15-14(20)8-10-29-15/h4-8,10H,2-3,9,11H2,1H3,(H,21,26)(H,22,25)(H,23,28)/t20-/m1/s1. The molecule has 1 aromatic heterocycles. The topological polar surface area (TPSA) is 108 Å². The van der Waals surface area contributed by atoms with Crippen molar-refractivity contribution in [2.24, 2.45) is 0 Å². The molecule has 1 atom stereocenters. The van der Waals surface area contributed by atoms with Gasteiger partial charge in [-0.25, -0.2) is 4.79 Å². The van der Waals surface area contributed by atoms with Crippen LogP contribution in [0.25, 0.3) is 0 Å². The van der Waals surface area contributed by atoms with Crippen molar-refractivity contribution >= 4 is 40.8 Å². The molecule has 29 heavy (non-hydrogen) atoms. The Bertz CT molecular complexity index is 1000. The highest BCUT2D eigenvalue weighted by molar-refractivity contribution is 7.10. The molecule has 2 heterocycles. The van der Waals surface area contributed by atoms with Gasteiger partial charge in [-0.15, -0.1) is 11.3 Å². The van der Waals surface area contributed by atoms with Crippen LogP contribution in [0.15, 0.2) is 35.7 Å². The highest BCUT2D eigenvalue weighted by Crippen LogP contribution is 2.42. The van der Waals surface area contributed by atoms with Gasteiger partial charge in [0, 0.05) is 28.7 Å². The van der Waals surface area contributed by atoms with E-state index >= 15 is 0 Å². The molecule has 2 aromatic rings. The number of anilines is 1. The monoisotopic (exact) mass is 412 g/mol. The number of rotatable bonds is 4. The molecule has 1 saturated heterocycles. The van der Waals surface area contributed by atoms with Crippen molar-refractivity contribution < 1.29 is 19.2 Å². The molecule has 150 valence electrons. The first-order valence-corrected chi connectivity index (χ1v) is 10.2. The number of benzene rings is 1. The Morgan fingerprint density at radius 3 is 2.69 bits per heavy atom. The van der Waals surface area contributed by atoms with E-state index in [4.69, 9.17) is 0 Å². The quantitative estimate of drug-likeness (QED) is 0.666. The van der Waals surface area contributed by atoms with Gasteiger partial charge in [-0.05, 0) is 55.0 Å². The molecular formula is C20H20N4O4S. The smallest absolute Gasteiger partial charge is 0.325 e. The SMILES string of the molecule is CNC(=O)c1ccc(NC(=O)CN2C(=O)N[C@@]3(CCCc4sccc43)C2=O)cc1. The Hall–Kier alpha value is -3.20. The molecule has 8 nitrogen and oxygen atoms in total. The van der Waals surface area contributed by atoms with Crippen LogP contribution in [-0.2, 0) is 21.5 Å². The molecule has 4 rings (SSSR count). The molecular weight excluding hydrogens is 392 g/mol. The van der Waals surface area contributed by atoms with Gasteiger partial charge < -0.3 is 16.0 Å².